The monoisotopic (exact) mass is 252 g/mol. The van der Waals surface area contributed by atoms with E-state index in [0.717, 1.165) is 5.56 Å². The Balaban J connectivity index is 2.28. The first-order valence-corrected chi connectivity index (χ1v) is 6.11. The fraction of sp³-hybridized carbons (Fsp3) is 0.500. The molecule has 1 aromatic rings. The highest BCUT2D eigenvalue weighted by molar-refractivity contribution is 5.72. The van der Waals surface area contributed by atoms with Crippen LogP contribution in [-0.2, 0) is 20.9 Å². The molecule has 4 nitrogen and oxygen atoms in total. The van der Waals surface area contributed by atoms with Crippen molar-refractivity contribution in [3.05, 3.63) is 35.9 Å². The fourth-order valence-electron chi connectivity index (χ4n) is 1.45. The van der Waals surface area contributed by atoms with E-state index in [4.69, 9.17) is 9.47 Å². The number of aliphatic hydroxyl groups excluding tert-OH is 1. The predicted octanol–water partition coefficient (Wildman–Crippen LogP) is 1.76. The smallest absolute Gasteiger partial charge is 0.311 e. The van der Waals surface area contributed by atoms with E-state index in [1.807, 2.05) is 30.3 Å². The summed E-state index contributed by atoms with van der Waals surface area (Å²) in [7, 11) is 0. The van der Waals surface area contributed by atoms with Crippen LogP contribution >= 0.6 is 0 Å². The molecule has 0 bridgehead atoms. The molecule has 100 valence electrons. The van der Waals surface area contributed by atoms with E-state index in [9.17, 15) is 9.90 Å². The summed E-state index contributed by atoms with van der Waals surface area (Å²) >= 11 is 0. The summed E-state index contributed by atoms with van der Waals surface area (Å²) < 4.78 is 10.2. The summed E-state index contributed by atoms with van der Waals surface area (Å²) in [6, 6.07) is 9.68. The number of carbonyl (C=O) groups is 1. The van der Waals surface area contributed by atoms with Crippen molar-refractivity contribution < 1.29 is 19.4 Å². The summed E-state index contributed by atoms with van der Waals surface area (Å²) in [6.45, 7) is 4.24. The van der Waals surface area contributed by atoms with Crippen molar-refractivity contribution in [2.45, 2.75) is 26.6 Å². The number of esters is 1. The standard InChI is InChI=1S/C14H20O4/c1-3-18-14(16)11(2)13(15)10-17-9-12-7-5-4-6-8-12/h4-8,11,13,15H,3,9-10H2,1-2H3/t11-,13-/m0/s1. The highest BCUT2D eigenvalue weighted by Crippen LogP contribution is 2.08. The first-order valence-electron chi connectivity index (χ1n) is 6.11. The quantitative estimate of drug-likeness (QED) is 0.751. The van der Waals surface area contributed by atoms with Crippen LogP contribution in [-0.4, -0.2) is 30.4 Å². The summed E-state index contributed by atoms with van der Waals surface area (Å²) in [5, 5.41) is 9.77. The minimum Gasteiger partial charge on any atom is -0.466 e. The third-order valence-corrected chi connectivity index (χ3v) is 2.64. The van der Waals surface area contributed by atoms with Crippen molar-refractivity contribution in [2.75, 3.05) is 13.2 Å². The Labute approximate surface area is 108 Å². The molecule has 0 heterocycles. The lowest BCUT2D eigenvalue weighted by Gasteiger charge is -2.17. The third-order valence-electron chi connectivity index (χ3n) is 2.64. The molecule has 18 heavy (non-hydrogen) atoms. The van der Waals surface area contributed by atoms with Crippen LogP contribution in [0.3, 0.4) is 0 Å². The molecule has 0 amide bonds. The molecule has 0 unspecified atom stereocenters. The van der Waals surface area contributed by atoms with E-state index in [-0.39, 0.29) is 6.61 Å². The average Bonchev–Trinajstić information content (AvgIpc) is 2.39. The van der Waals surface area contributed by atoms with E-state index in [1.165, 1.54) is 0 Å². The number of rotatable bonds is 7. The van der Waals surface area contributed by atoms with Crippen LogP contribution in [0.15, 0.2) is 30.3 Å². The van der Waals surface area contributed by atoms with Gasteiger partial charge in [-0.15, -0.1) is 0 Å². The Bertz CT molecular complexity index is 350. The summed E-state index contributed by atoms with van der Waals surface area (Å²) in [4.78, 5) is 11.4. The van der Waals surface area contributed by atoms with Gasteiger partial charge in [0.1, 0.15) is 0 Å². The van der Waals surface area contributed by atoms with E-state index < -0.39 is 18.0 Å². The van der Waals surface area contributed by atoms with Crippen LogP contribution in [0, 0.1) is 5.92 Å². The molecule has 0 radical (unpaired) electrons. The van der Waals surface area contributed by atoms with Crippen LogP contribution in [0.5, 0.6) is 0 Å². The van der Waals surface area contributed by atoms with Gasteiger partial charge in [0, 0.05) is 0 Å². The van der Waals surface area contributed by atoms with Crippen LogP contribution in [0.4, 0.5) is 0 Å². The molecule has 0 spiro atoms. The molecular formula is C14H20O4. The zero-order valence-corrected chi connectivity index (χ0v) is 10.8. The molecule has 0 aliphatic heterocycles. The Morgan fingerprint density at radius 3 is 2.61 bits per heavy atom. The molecular weight excluding hydrogens is 232 g/mol. The van der Waals surface area contributed by atoms with Gasteiger partial charge in [-0.3, -0.25) is 4.79 Å². The van der Waals surface area contributed by atoms with Gasteiger partial charge < -0.3 is 14.6 Å². The van der Waals surface area contributed by atoms with Gasteiger partial charge in [-0.1, -0.05) is 30.3 Å². The minimum absolute atomic E-state index is 0.120. The van der Waals surface area contributed by atoms with E-state index in [0.29, 0.717) is 13.2 Å². The lowest BCUT2D eigenvalue weighted by Crippen LogP contribution is -2.31. The van der Waals surface area contributed by atoms with Crippen LogP contribution in [0.25, 0.3) is 0 Å². The van der Waals surface area contributed by atoms with Gasteiger partial charge >= 0.3 is 5.97 Å². The Hall–Kier alpha value is -1.39. The van der Waals surface area contributed by atoms with Crippen LogP contribution < -0.4 is 0 Å². The Morgan fingerprint density at radius 1 is 1.33 bits per heavy atom. The van der Waals surface area contributed by atoms with Crippen molar-refractivity contribution >= 4 is 5.97 Å². The molecule has 0 aromatic heterocycles. The molecule has 1 N–H and O–H groups in total. The lowest BCUT2D eigenvalue weighted by atomic mass is 10.1. The number of hydrogen-bond acceptors (Lipinski definition) is 4. The first kappa shape index (κ1) is 14.7. The predicted molar refractivity (Wildman–Crippen MR) is 67.9 cm³/mol. The summed E-state index contributed by atoms with van der Waals surface area (Å²) in [5.74, 6) is -0.964. The second kappa shape index (κ2) is 7.84. The molecule has 1 rings (SSSR count). The molecule has 0 aliphatic carbocycles. The van der Waals surface area contributed by atoms with Crippen molar-refractivity contribution in [2.24, 2.45) is 5.92 Å². The SMILES string of the molecule is CCOC(=O)[C@@H](C)[C@@H](O)COCc1ccccc1. The second-order valence-electron chi connectivity index (χ2n) is 4.11. The number of hydrogen-bond donors (Lipinski definition) is 1. The molecule has 4 heteroatoms. The van der Waals surface area contributed by atoms with Crippen LogP contribution in [0.2, 0.25) is 0 Å². The molecule has 0 fully saturated rings. The van der Waals surface area contributed by atoms with Crippen molar-refractivity contribution in [3.63, 3.8) is 0 Å². The first-order chi connectivity index (χ1) is 8.65. The van der Waals surface area contributed by atoms with Crippen molar-refractivity contribution in [1.82, 2.24) is 0 Å². The van der Waals surface area contributed by atoms with Gasteiger partial charge in [0.25, 0.3) is 0 Å². The van der Waals surface area contributed by atoms with Crippen LogP contribution in [0.1, 0.15) is 19.4 Å². The number of ether oxygens (including phenoxy) is 2. The highest BCUT2D eigenvalue weighted by atomic mass is 16.5. The van der Waals surface area contributed by atoms with E-state index >= 15 is 0 Å². The van der Waals surface area contributed by atoms with Gasteiger partial charge in [0.15, 0.2) is 0 Å². The maximum Gasteiger partial charge on any atom is 0.311 e. The highest BCUT2D eigenvalue weighted by Gasteiger charge is 2.23. The molecule has 1 aromatic carbocycles. The molecule has 0 saturated carbocycles. The largest absolute Gasteiger partial charge is 0.466 e. The average molecular weight is 252 g/mol. The second-order valence-corrected chi connectivity index (χ2v) is 4.11. The minimum atomic E-state index is -0.840. The normalized spacial score (nSPS) is 13.9. The topological polar surface area (TPSA) is 55.8 Å². The zero-order valence-electron chi connectivity index (χ0n) is 10.8. The molecule has 2 atom stereocenters. The molecule has 0 aliphatic rings. The van der Waals surface area contributed by atoms with E-state index in [1.54, 1.807) is 13.8 Å². The van der Waals surface area contributed by atoms with Crippen molar-refractivity contribution in [1.29, 1.82) is 0 Å². The number of carbonyl (C=O) groups excluding carboxylic acids is 1. The van der Waals surface area contributed by atoms with Gasteiger partial charge in [-0.25, -0.2) is 0 Å². The Morgan fingerprint density at radius 2 is 2.00 bits per heavy atom. The maximum atomic E-state index is 11.4. The van der Waals surface area contributed by atoms with Gasteiger partial charge in [-0.2, -0.15) is 0 Å². The number of aliphatic hydroxyl groups is 1. The third kappa shape index (κ3) is 4.85. The Kier molecular flexibility index (Phi) is 6.39. The van der Waals surface area contributed by atoms with Crippen molar-refractivity contribution in [3.8, 4) is 0 Å². The lowest BCUT2D eigenvalue weighted by molar-refractivity contribution is -0.152. The van der Waals surface area contributed by atoms with Gasteiger partial charge in [0.2, 0.25) is 0 Å². The summed E-state index contributed by atoms with van der Waals surface area (Å²) in [6.07, 6.45) is -0.840. The van der Waals surface area contributed by atoms with Gasteiger partial charge in [-0.05, 0) is 19.4 Å². The number of benzene rings is 1. The van der Waals surface area contributed by atoms with E-state index in [2.05, 4.69) is 0 Å². The zero-order chi connectivity index (χ0) is 13.4. The maximum absolute atomic E-state index is 11.4. The fourth-order valence-corrected chi connectivity index (χ4v) is 1.45. The van der Waals surface area contributed by atoms with Gasteiger partial charge in [0.05, 0.1) is 31.8 Å². The summed E-state index contributed by atoms with van der Waals surface area (Å²) in [5.41, 5.74) is 1.04. The molecule has 0 saturated heterocycles.